The number of pyridine rings is 1. The number of hydrogen-bond donors (Lipinski definition) is 0. The Morgan fingerprint density at radius 3 is 2.63 bits per heavy atom. The maximum Gasteiger partial charge on any atom is 0.229 e. The van der Waals surface area contributed by atoms with Crippen LogP contribution in [-0.2, 0) is 6.42 Å². The van der Waals surface area contributed by atoms with Gasteiger partial charge in [0.2, 0.25) is 5.89 Å². The fourth-order valence-corrected chi connectivity index (χ4v) is 1.86. The highest BCUT2D eigenvalue weighted by Crippen LogP contribution is 2.22. The first-order chi connectivity index (χ1) is 9.33. The van der Waals surface area contributed by atoms with Crippen molar-refractivity contribution in [2.24, 2.45) is 0 Å². The molecule has 0 radical (unpaired) electrons. The molecule has 0 spiro atoms. The molecule has 0 saturated carbocycles. The number of oxazole rings is 1. The quantitative estimate of drug-likeness (QED) is 0.718. The van der Waals surface area contributed by atoms with E-state index in [2.05, 4.69) is 9.97 Å². The Morgan fingerprint density at radius 2 is 1.84 bits per heavy atom. The molecule has 2 aromatic heterocycles. The van der Waals surface area contributed by atoms with Gasteiger partial charge in [-0.2, -0.15) is 0 Å². The zero-order valence-electron chi connectivity index (χ0n) is 10.1. The van der Waals surface area contributed by atoms with Gasteiger partial charge in [0.05, 0.1) is 11.3 Å². The molecule has 0 aliphatic heterocycles. The Balaban J connectivity index is 1.86. The van der Waals surface area contributed by atoms with Crippen molar-refractivity contribution in [2.45, 2.75) is 6.42 Å². The van der Waals surface area contributed by atoms with Crippen LogP contribution in [0.1, 0.15) is 11.3 Å². The van der Waals surface area contributed by atoms with Crippen molar-refractivity contribution in [2.75, 3.05) is 0 Å². The Kier molecular flexibility index (Phi) is 3.06. The Labute approximate surface area is 109 Å². The van der Waals surface area contributed by atoms with E-state index in [0.29, 0.717) is 17.9 Å². The molecule has 0 N–H and O–H groups in total. The molecule has 0 bridgehead atoms. The van der Waals surface area contributed by atoms with Crippen LogP contribution in [0.15, 0.2) is 59.5 Å². The minimum Gasteiger partial charge on any atom is -0.444 e. The van der Waals surface area contributed by atoms with Crippen molar-refractivity contribution < 1.29 is 8.81 Å². The highest BCUT2D eigenvalue weighted by Gasteiger charge is 2.11. The second kappa shape index (κ2) is 5.02. The number of rotatable bonds is 3. The minimum atomic E-state index is -0.334. The molecular weight excluding hydrogens is 243 g/mol. The third kappa shape index (κ3) is 2.52. The number of halogens is 1. The molecule has 3 nitrogen and oxygen atoms in total. The van der Waals surface area contributed by atoms with Gasteiger partial charge < -0.3 is 4.42 Å². The lowest BCUT2D eigenvalue weighted by molar-refractivity contribution is 0.561. The third-order valence-electron chi connectivity index (χ3n) is 2.79. The molecule has 3 aromatic rings. The zero-order chi connectivity index (χ0) is 13.1. The summed E-state index contributed by atoms with van der Waals surface area (Å²) in [6.45, 7) is 0. The smallest absolute Gasteiger partial charge is 0.229 e. The van der Waals surface area contributed by atoms with Crippen molar-refractivity contribution in [1.82, 2.24) is 9.97 Å². The summed E-state index contributed by atoms with van der Waals surface area (Å²) in [6.07, 6.45) is 5.66. The molecule has 0 aliphatic rings. The van der Waals surface area contributed by atoms with Crippen LogP contribution < -0.4 is 0 Å². The SMILES string of the molecule is Fc1ccccc1-c1nc(Cc2ccncc2)co1. The van der Waals surface area contributed by atoms with E-state index in [9.17, 15) is 4.39 Å². The van der Waals surface area contributed by atoms with Crippen LogP contribution in [0.2, 0.25) is 0 Å². The summed E-state index contributed by atoms with van der Waals surface area (Å²) in [7, 11) is 0. The van der Waals surface area contributed by atoms with Gasteiger partial charge in [0.1, 0.15) is 12.1 Å². The van der Waals surface area contributed by atoms with Gasteiger partial charge in [-0.25, -0.2) is 9.37 Å². The number of hydrogen-bond acceptors (Lipinski definition) is 3. The number of aromatic nitrogens is 2. The van der Waals surface area contributed by atoms with Crippen LogP contribution >= 0.6 is 0 Å². The summed E-state index contributed by atoms with van der Waals surface area (Å²) in [5.41, 5.74) is 2.23. The molecule has 0 aliphatic carbocycles. The average molecular weight is 254 g/mol. The lowest BCUT2D eigenvalue weighted by Gasteiger charge is -1.97. The van der Waals surface area contributed by atoms with E-state index in [1.807, 2.05) is 12.1 Å². The summed E-state index contributed by atoms with van der Waals surface area (Å²) < 4.78 is 18.9. The van der Waals surface area contributed by atoms with Gasteiger partial charge in [-0.15, -0.1) is 0 Å². The number of benzene rings is 1. The predicted molar refractivity (Wildman–Crippen MR) is 68.9 cm³/mol. The minimum absolute atomic E-state index is 0.308. The van der Waals surface area contributed by atoms with Gasteiger partial charge in [-0.3, -0.25) is 4.98 Å². The van der Waals surface area contributed by atoms with E-state index in [1.54, 1.807) is 36.9 Å². The van der Waals surface area contributed by atoms with Crippen LogP contribution in [0, 0.1) is 5.82 Å². The van der Waals surface area contributed by atoms with Crippen LogP contribution in [0.25, 0.3) is 11.5 Å². The first-order valence-electron chi connectivity index (χ1n) is 5.91. The predicted octanol–water partition coefficient (Wildman–Crippen LogP) is 3.47. The zero-order valence-corrected chi connectivity index (χ0v) is 10.1. The van der Waals surface area contributed by atoms with Crippen molar-refractivity contribution >= 4 is 0 Å². The molecule has 94 valence electrons. The van der Waals surface area contributed by atoms with Crippen molar-refractivity contribution in [3.8, 4) is 11.5 Å². The fraction of sp³-hybridized carbons (Fsp3) is 0.0667. The Morgan fingerprint density at radius 1 is 1.05 bits per heavy atom. The highest BCUT2D eigenvalue weighted by molar-refractivity contribution is 5.53. The van der Waals surface area contributed by atoms with Gasteiger partial charge in [-0.1, -0.05) is 12.1 Å². The molecule has 0 fully saturated rings. The fourth-order valence-electron chi connectivity index (χ4n) is 1.86. The second-order valence-corrected chi connectivity index (χ2v) is 4.16. The summed E-state index contributed by atoms with van der Waals surface area (Å²) in [5.74, 6) is -0.0260. The third-order valence-corrected chi connectivity index (χ3v) is 2.79. The van der Waals surface area contributed by atoms with E-state index in [0.717, 1.165) is 11.3 Å². The van der Waals surface area contributed by atoms with Gasteiger partial charge >= 0.3 is 0 Å². The molecule has 3 rings (SSSR count). The summed E-state index contributed by atoms with van der Waals surface area (Å²) in [4.78, 5) is 8.27. The molecule has 1 aromatic carbocycles. The van der Waals surface area contributed by atoms with Gasteiger partial charge in [0, 0.05) is 18.8 Å². The van der Waals surface area contributed by atoms with E-state index < -0.39 is 0 Å². The lowest BCUT2D eigenvalue weighted by atomic mass is 10.1. The van der Waals surface area contributed by atoms with E-state index in [-0.39, 0.29) is 5.82 Å². The summed E-state index contributed by atoms with van der Waals surface area (Å²) >= 11 is 0. The first-order valence-corrected chi connectivity index (χ1v) is 5.91. The average Bonchev–Trinajstić information content (AvgIpc) is 2.89. The molecule has 19 heavy (non-hydrogen) atoms. The largest absolute Gasteiger partial charge is 0.444 e. The molecule has 2 heterocycles. The lowest BCUT2D eigenvalue weighted by Crippen LogP contribution is -1.89. The molecule has 4 heteroatoms. The van der Waals surface area contributed by atoms with Gasteiger partial charge in [0.25, 0.3) is 0 Å². The van der Waals surface area contributed by atoms with E-state index in [1.165, 1.54) is 6.07 Å². The highest BCUT2D eigenvalue weighted by atomic mass is 19.1. The molecule has 0 unspecified atom stereocenters. The van der Waals surface area contributed by atoms with Crippen LogP contribution in [0.4, 0.5) is 4.39 Å². The first kappa shape index (κ1) is 11.6. The maximum absolute atomic E-state index is 13.6. The Bertz CT molecular complexity index is 679. The molecular formula is C15H11FN2O. The molecule has 0 atom stereocenters. The number of nitrogens with zero attached hydrogens (tertiary/aromatic N) is 2. The standard InChI is InChI=1S/C15H11FN2O/c16-14-4-2-1-3-13(14)15-18-12(10-19-15)9-11-5-7-17-8-6-11/h1-8,10H,9H2. The monoisotopic (exact) mass is 254 g/mol. The summed E-state index contributed by atoms with van der Waals surface area (Å²) in [5, 5.41) is 0. The maximum atomic E-state index is 13.6. The van der Waals surface area contributed by atoms with Crippen molar-refractivity contribution in [3.05, 3.63) is 72.1 Å². The van der Waals surface area contributed by atoms with E-state index in [4.69, 9.17) is 4.42 Å². The van der Waals surface area contributed by atoms with Crippen LogP contribution in [0.5, 0.6) is 0 Å². The van der Waals surface area contributed by atoms with Crippen LogP contribution in [0.3, 0.4) is 0 Å². The van der Waals surface area contributed by atoms with Gasteiger partial charge in [0.15, 0.2) is 0 Å². The molecule has 0 saturated heterocycles. The second-order valence-electron chi connectivity index (χ2n) is 4.16. The van der Waals surface area contributed by atoms with Crippen molar-refractivity contribution in [3.63, 3.8) is 0 Å². The van der Waals surface area contributed by atoms with Crippen molar-refractivity contribution in [1.29, 1.82) is 0 Å². The topological polar surface area (TPSA) is 38.9 Å². The van der Waals surface area contributed by atoms with Gasteiger partial charge in [-0.05, 0) is 29.8 Å². The Hall–Kier alpha value is -2.49. The normalized spacial score (nSPS) is 10.6. The summed E-state index contributed by atoms with van der Waals surface area (Å²) in [6, 6.07) is 10.3. The van der Waals surface area contributed by atoms with E-state index >= 15 is 0 Å². The van der Waals surface area contributed by atoms with Crippen LogP contribution in [-0.4, -0.2) is 9.97 Å². The molecule has 0 amide bonds.